The van der Waals surface area contributed by atoms with Crippen LogP contribution in [0.2, 0.25) is 0 Å². The van der Waals surface area contributed by atoms with Gasteiger partial charge in [0.05, 0.1) is 5.41 Å². The first kappa shape index (κ1) is 18.5. The van der Waals surface area contributed by atoms with Crippen LogP contribution in [0.5, 0.6) is 0 Å². The summed E-state index contributed by atoms with van der Waals surface area (Å²) in [5, 5.41) is 9.82. The van der Waals surface area contributed by atoms with Crippen LogP contribution in [0.3, 0.4) is 0 Å². The van der Waals surface area contributed by atoms with Gasteiger partial charge >= 0.3 is 5.97 Å². The van der Waals surface area contributed by atoms with Crippen LogP contribution in [0.25, 0.3) is 0 Å². The monoisotopic (exact) mass is 360 g/mol. The lowest BCUT2D eigenvalue weighted by molar-refractivity contribution is -0.143. The Labute approximate surface area is 154 Å². The van der Waals surface area contributed by atoms with Crippen molar-refractivity contribution in [2.24, 2.45) is 11.8 Å². The molecule has 0 amide bonds. The molecule has 1 N–H and O–H groups in total. The lowest BCUT2D eigenvalue weighted by Crippen LogP contribution is -2.32. The SMILES string of the molecule is CCCCC(C)(C(=O)O)c1ccc2c(c1)SCC1CCCCC1C2=O. The van der Waals surface area contributed by atoms with Crippen molar-refractivity contribution in [3.8, 4) is 0 Å². The van der Waals surface area contributed by atoms with Crippen LogP contribution in [0.4, 0.5) is 0 Å². The second kappa shape index (κ2) is 7.53. The second-order valence-electron chi connectivity index (χ2n) is 7.78. The van der Waals surface area contributed by atoms with E-state index in [1.165, 1.54) is 6.42 Å². The van der Waals surface area contributed by atoms with E-state index in [0.29, 0.717) is 12.3 Å². The Bertz CT molecular complexity index is 669. The number of carbonyl (C=O) groups is 2. The van der Waals surface area contributed by atoms with Crippen molar-refractivity contribution in [1.82, 2.24) is 0 Å². The summed E-state index contributed by atoms with van der Waals surface area (Å²) in [6, 6.07) is 5.76. The predicted octanol–water partition coefficient (Wildman–Crippen LogP) is 5.31. The maximum Gasteiger partial charge on any atom is 0.313 e. The number of benzene rings is 1. The van der Waals surface area contributed by atoms with Crippen LogP contribution in [-0.2, 0) is 10.2 Å². The average Bonchev–Trinajstić information content (AvgIpc) is 2.76. The van der Waals surface area contributed by atoms with Gasteiger partial charge in [0.2, 0.25) is 0 Å². The van der Waals surface area contributed by atoms with Crippen LogP contribution >= 0.6 is 11.8 Å². The molecule has 1 aromatic carbocycles. The summed E-state index contributed by atoms with van der Waals surface area (Å²) in [7, 11) is 0. The van der Waals surface area contributed by atoms with Gasteiger partial charge in [-0.25, -0.2) is 0 Å². The molecule has 4 heteroatoms. The third kappa shape index (κ3) is 3.51. The summed E-state index contributed by atoms with van der Waals surface area (Å²) in [6.45, 7) is 3.89. The van der Waals surface area contributed by atoms with Crippen molar-refractivity contribution in [2.75, 3.05) is 5.75 Å². The van der Waals surface area contributed by atoms with E-state index in [1.54, 1.807) is 11.8 Å². The Hall–Kier alpha value is -1.29. The first-order valence-corrected chi connectivity index (χ1v) is 10.5. The number of hydrogen-bond acceptors (Lipinski definition) is 3. The van der Waals surface area contributed by atoms with Crippen LogP contribution in [0, 0.1) is 11.8 Å². The van der Waals surface area contributed by atoms with Crippen LogP contribution in [0.15, 0.2) is 23.1 Å². The van der Waals surface area contributed by atoms with Crippen molar-refractivity contribution in [3.63, 3.8) is 0 Å². The molecule has 3 nitrogen and oxygen atoms in total. The average molecular weight is 361 g/mol. The molecule has 0 spiro atoms. The topological polar surface area (TPSA) is 54.4 Å². The number of carbonyl (C=O) groups excluding carboxylic acids is 1. The number of Topliss-reactive ketones (excluding diaryl/α,β-unsaturated/α-hetero) is 1. The second-order valence-corrected chi connectivity index (χ2v) is 8.84. The van der Waals surface area contributed by atoms with Gasteiger partial charge in [-0.3, -0.25) is 9.59 Å². The number of aliphatic carboxylic acids is 1. The Balaban J connectivity index is 1.95. The van der Waals surface area contributed by atoms with Crippen LogP contribution in [0.1, 0.15) is 74.7 Å². The highest BCUT2D eigenvalue weighted by Gasteiger charge is 2.38. The van der Waals surface area contributed by atoms with E-state index in [2.05, 4.69) is 6.92 Å². The smallest absolute Gasteiger partial charge is 0.313 e. The van der Waals surface area contributed by atoms with Crippen molar-refractivity contribution in [3.05, 3.63) is 29.3 Å². The molecule has 1 fully saturated rings. The van der Waals surface area contributed by atoms with E-state index < -0.39 is 11.4 Å². The number of rotatable bonds is 5. The van der Waals surface area contributed by atoms with Crippen molar-refractivity contribution >= 4 is 23.5 Å². The minimum absolute atomic E-state index is 0.166. The third-order valence-corrected chi connectivity index (χ3v) is 7.33. The number of fused-ring (bicyclic) bond motifs is 2. The highest BCUT2D eigenvalue weighted by Crippen LogP contribution is 2.43. The molecular formula is C21H28O3S. The number of hydrogen-bond donors (Lipinski definition) is 1. The van der Waals surface area contributed by atoms with Crippen LogP contribution in [-0.4, -0.2) is 22.6 Å². The van der Waals surface area contributed by atoms with E-state index in [-0.39, 0.29) is 11.7 Å². The maximum absolute atomic E-state index is 13.0. The standard InChI is InChI=1S/C21H28O3S/c1-3-4-11-21(2,20(23)24)15-9-10-17-18(12-15)25-13-14-7-5-6-8-16(14)19(17)22/h9-10,12,14,16H,3-8,11,13H2,1-2H3,(H,23,24). The largest absolute Gasteiger partial charge is 0.481 e. The molecule has 1 aromatic rings. The molecule has 3 rings (SSSR count). The minimum atomic E-state index is -0.881. The maximum atomic E-state index is 13.0. The Morgan fingerprint density at radius 1 is 1.32 bits per heavy atom. The summed E-state index contributed by atoms with van der Waals surface area (Å²) >= 11 is 1.75. The Kier molecular flexibility index (Phi) is 5.57. The van der Waals surface area contributed by atoms with Crippen molar-refractivity contribution in [1.29, 1.82) is 0 Å². The highest BCUT2D eigenvalue weighted by atomic mass is 32.2. The molecule has 25 heavy (non-hydrogen) atoms. The summed E-state index contributed by atoms with van der Waals surface area (Å²) in [4.78, 5) is 26.0. The lowest BCUT2D eigenvalue weighted by Gasteiger charge is -2.28. The molecule has 2 aliphatic rings. The quantitative estimate of drug-likeness (QED) is 0.773. The molecular weight excluding hydrogens is 332 g/mol. The molecule has 3 atom stereocenters. The molecule has 0 saturated heterocycles. The zero-order valence-electron chi connectivity index (χ0n) is 15.2. The van der Waals surface area contributed by atoms with Gasteiger partial charge in [0.1, 0.15) is 0 Å². The van der Waals surface area contributed by atoms with Gasteiger partial charge in [-0.2, -0.15) is 0 Å². The van der Waals surface area contributed by atoms with Gasteiger partial charge in [0.25, 0.3) is 0 Å². The molecule has 1 heterocycles. The van der Waals surface area contributed by atoms with E-state index in [4.69, 9.17) is 0 Å². The van der Waals surface area contributed by atoms with E-state index in [9.17, 15) is 14.7 Å². The molecule has 1 aliphatic heterocycles. The Morgan fingerprint density at radius 2 is 2.08 bits per heavy atom. The molecule has 1 aliphatic carbocycles. The summed E-state index contributed by atoms with van der Waals surface area (Å²) in [6.07, 6.45) is 7.02. The first-order valence-electron chi connectivity index (χ1n) is 9.52. The van der Waals surface area contributed by atoms with Crippen molar-refractivity contribution < 1.29 is 14.7 Å². The van der Waals surface area contributed by atoms with E-state index in [0.717, 1.165) is 53.9 Å². The predicted molar refractivity (Wildman–Crippen MR) is 101 cm³/mol. The fourth-order valence-electron chi connectivity index (χ4n) is 4.24. The summed E-state index contributed by atoms with van der Waals surface area (Å²) < 4.78 is 0. The van der Waals surface area contributed by atoms with Gasteiger partial charge in [-0.15, -0.1) is 11.8 Å². The molecule has 0 radical (unpaired) electrons. The highest BCUT2D eigenvalue weighted by molar-refractivity contribution is 7.99. The minimum Gasteiger partial charge on any atom is -0.481 e. The van der Waals surface area contributed by atoms with E-state index >= 15 is 0 Å². The first-order chi connectivity index (χ1) is 12.0. The fraction of sp³-hybridized carbons (Fsp3) is 0.619. The van der Waals surface area contributed by atoms with Gasteiger partial charge in [-0.1, -0.05) is 38.7 Å². The number of ketones is 1. The fourth-order valence-corrected chi connectivity index (χ4v) is 5.57. The van der Waals surface area contributed by atoms with Crippen molar-refractivity contribution in [2.45, 2.75) is 69.1 Å². The number of carboxylic acids is 1. The Morgan fingerprint density at radius 3 is 2.80 bits per heavy atom. The summed E-state index contributed by atoms with van der Waals surface area (Å²) in [5.41, 5.74) is 0.761. The molecule has 0 aromatic heterocycles. The van der Waals surface area contributed by atoms with Gasteiger partial charge in [0, 0.05) is 22.1 Å². The normalized spacial score (nSPS) is 25.4. The zero-order chi connectivity index (χ0) is 18.0. The van der Waals surface area contributed by atoms with Gasteiger partial charge < -0.3 is 5.11 Å². The number of carboxylic acid groups (broad SMARTS) is 1. The lowest BCUT2D eigenvalue weighted by atomic mass is 9.75. The molecule has 3 unspecified atom stereocenters. The zero-order valence-corrected chi connectivity index (χ0v) is 16.0. The summed E-state index contributed by atoms with van der Waals surface area (Å²) in [5.74, 6) is 1.12. The third-order valence-electron chi connectivity index (χ3n) is 6.09. The number of thioether (sulfide) groups is 1. The van der Waals surface area contributed by atoms with Crippen LogP contribution < -0.4 is 0 Å². The number of unbranched alkanes of at least 4 members (excludes halogenated alkanes) is 1. The van der Waals surface area contributed by atoms with E-state index in [1.807, 2.05) is 25.1 Å². The molecule has 1 saturated carbocycles. The molecule has 0 bridgehead atoms. The van der Waals surface area contributed by atoms with Gasteiger partial charge in [0.15, 0.2) is 5.78 Å². The molecule has 136 valence electrons. The van der Waals surface area contributed by atoms with Gasteiger partial charge in [-0.05, 0) is 49.8 Å².